The summed E-state index contributed by atoms with van der Waals surface area (Å²) >= 11 is -0.554. The van der Waals surface area contributed by atoms with Crippen molar-refractivity contribution >= 4 is 25.4 Å². The van der Waals surface area contributed by atoms with Crippen molar-refractivity contribution < 1.29 is 15.7 Å². The zero-order valence-electron chi connectivity index (χ0n) is 15.9. The Morgan fingerprint density at radius 2 is 1.00 bits per heavy atom. The summed E-state index contributed by atoms with van der Waals surface area (Å²) in [6.45, 7) is 15.2. The van der Waals surface area contributed by atoms with Gasteiger partial charge in [0.05, 0.1) is 0 Å². The molecule has 1 fully saturated rings. The third kappa shape index (κ3) is 3.42. The van der Waals surface area contributed by atoms with Crippen molar-refractivity contribution in [3.8, 4) is 0 Å². The Morgan fingerprint density at radius 1 is 0.680 bits per heavy atom. The summed E-state index contributed by atoms with van der Waals surface area (Å²) in [6.07, 6.45) is 0. The number of hydrogen-bond acceptors (Lipinski definition) is 2. The Bertz CT molecular complexity index is 743. The number of anilines is 2. The average Bonchev–Trinajstić information content (AvgIpc) is 2.88. The maximum absolute atomic E-state index is 6.56. The minimum atomic E-state index is -0.554. The van der Waals surface area contributed by atoms with Gasteiger partial charge >= 0.3 is 163 Å². The molecule has 0 atom stereocenters. The summed E-state index contributed by atoms with van der Waals surface area (Å²) in [5.41, 5.74) is 10.7. The summed E-state index contributed by atoms with van der Waals surface area (Å²) in [5, 5.41) is 0. The van der Waals surface area contributed by atoms with Crippen LogP contribution in [0.4, 0.5) is 11.4 Å². The number of hydrogen-bond donors (Lipinski definition) is 0. The second kappa shape index (κ2) is 7.21. The average molecular weight is 444 g/mol. The Balaban J connectivity index is 2.07. The normalized spacial score (nSPS) is 14.8. The molecule has 0 aromatic heterocycles. The van der Waals surface area contributed by atoms with Gasteiger partial charge in [0, 0.05) is 0 Å². The van der Waals surface area contributed by atoms with Gasteiger partial charge in [-0.1, -0.05) is 0 Å². The molecule has 0 radical (unpaired) electrons. The molecule has 1 aliphatic rings. The molecule has 1 saturated heterocycles. The van der Waals surface area contributed by atoms with E-state index in [1.54, 1.807) is 0 Å². The Labute approximate surface area is 162 Å². The molecule has 25 heavy (non-hydrogen) atoms. The van der Waals surface area contributed by atoms with Crippen molar-refractivity contribution in [1.29, 1.82) is 0 Å². The molecule has 2 aromatic carbocycles. The molecule has 4 heteroatoms. The number of nitrogens with zero attached hydrogens (tertiary/aromatic N) is 2. The van der Waals surface area contributed by atoms with E-state index in [-0.39, 0.29) is 0 Å². The van der Waals surface area contributed by atoms with Crippen molar-refractivity contribution in [2.24, 2.45) is 0 Å². The summed E-state index contributed by atoms with van der Waals surface area (Å²) < 4.78 is 1.30. The molecule has 0 amide bonds. The van der Waals surface area contributed by atoms with Gasteiger partial charge < -0.3 is 0 Å². The van der Waals surface area contributed by atoms with E-state index in [9.17, 15) is 0 Å². The SMILES string of the molecule is Cc1cc(C)c(N2CCN(c3c(C)cc(C)cc3C)[C]2=[RuH][Cl])c(C)c1. The van der Waals surface area contributed by atoms with E-state index in [0.29, 0.717) is 0 Å². The molecule has 0 aliphatic carbocycles. The van der Waals surface area contributed by atoms with Crippen LogP contribution < -0.4 is 9.80 Å². The van der Waals surface area contributed by atoms with Crippen molar-refractivity contribution in [2.75, 3.05) is 22.9 Å². The van der Waals surface area contributed by atoms with E-state index < -0.39 is 15.7 Å². The van der Waals surface area contributed by atoms with Crippen molar-refractivity contribution in [1.82, 2.24) is 0 Å². The number of aryl methyl sites for hydroxylation is 6. The number of benzene rings is 2. The van der Waals surface area contributed by atoms with Crippen LogP contribution in [-0.4, -0.2) is 17.4 Å². The van der Waals surface area contributed by atoms with Gasteiger partial charge in [0.15, 0.2) is 0 Å². The zero-order chi connectivity index (χ0) is 18.3. The molecule has 2 aromatic rings. The fourth-order valence-corrected chi connectivity index (χ4v) is 6.33. The molecule has 1 heterocycles. The van der Waals surface area contributed by atoms with E-state index in [4.69, 9.17) is 9.69 Å². The van der Waals surface area contributed by atoms with Crippen LogP contribution in [0, 0.1) is 41.5 Å². The molecule has 2 nitrogen and oxygen atoms in total. The number of halogens is 1. The second-order valence-corrected chi connectivity index (χ2v) is 9.17. The van der Waals surface area contributed by atoms with Crippen molar-refractivity contribution in [2.45, 2.75) is 41.5 Å². The third-order valence-corrected chi connectivity index (χ3v) is 6.94. The van der Waals surface area contributed by atoms with Crippen molar-refractivity contribution in [3.63, 3.8) is 0 Å². The first-order valence-corrected chi connectivity index (χ1v) is 12.0. The zero-order valence-corrected chi connectivity index (χ0v) is 18.5. The van der Waals surface area contributed by atoms with Gasteiger partial charge in [-0.2, -0.15) is 0 Å². The first kappa shape index (κ1) is 18.6. The summed E-state index contributed by atoms with van der Waals surface area (Å²) in [4.78, 5) is 4.92. The Morgan fingerprint density at radius 3 is 1.28 bits per heavy atom. The summed E-state index contributed by atoms with van der Waals surface area (Å²) in [6, 6.07) is 9.10. The molecule has 0 bridgehead atoms. The van der Waals surface area contributed by atoms with Crippen LogP contribution in [-0.2, 0) is 15.7 Å². The van der Waals surface area contributed by atoms with Crippen LogP contribution in [0.3, 0.4) is 0 Å². The topological polar surface area (TPSA) is 6.48 Å². The van der Waals surface area contributed by atoms with E-state index >= 15 is 0 Å². The first-order chi connectivity index (χ1) is 11.8. The predicted octanol–water partition coefficient (Wildman–Crippen LogP) is 4.92. The Kier molecular flexibility index (Phi) is 5.37. The fourth-order valence-electron chi connectivity index (χ4n) is 4.21. The molecule has 0 N–H and O–H groups in total. The summed E-state index contributed by atoms with van der Waals surface area (Å²) in [7, 11) is 6.56. The Hall–Kier alpha value is -1.18. The third-order valence-electron chi connectivity index (χ3n) is 4.87. The van der Waals surface area contributed by atoms with Gasteiger partial charge in [-0.3, -0.25) is 0 Å². The minimum absolute atomic E-state index is 0.554. The molecule has 0 saturated carbocycles. The molecule has 1 aliphatic heterocycles. The van der Waals surface area contributed by atoms with Crippen LogP contribution in [0.25, 0.3) is 0 Å². The molecule has 3 rings (SSSR count). The van der Waals surface area contributed by atoms with Crippen molar-refractivity contribution in [3.05, 3.63) is 57.6 Å². The van der Waals surface area contributed by atoms with Crippen LogP contribution in [0.5, 0.6) is 0 Å². The van der Waals surface area contributed by atoms with Gasteiger partial charge in [0.2, 0.25) is 0 Å². The predicted molar refractivity (Wildman–Crippen MR) is 108 cm³/mol. The van der Waals surface area contributed by atoms with E-state index in [0.717, 1.165) is 13.1 Å². The van der Waals surface area contributed by atoms with E-state index in [1.807, 2.05) is 0 Å². The van der Waals surface area contributed by atoms with E-state index in [1.165, 1.54) is 49.1 Å². The molecular formula is C21H27ClN2Ru. The molecule has 0 unspecified atom stereocenters. The van der Waals surface area contributed by atoms with E-state index in [2.05, 4.69) is 75.6 Å². The van der Waals surface area contributed by atoms with Crippen LogP contribution in [0.2, 0.25) is 0 Å². The quantitative estimate of drug-likeness (QED) is 0.608. The monoisotopic (exact) mass is 444 g/mol. The molecule has 136 valence electrons. The molecule has 0 spiro atoms. The van der Waals surface area contributed by atoms with Crippen LogP contribution in [0.1, 0.15) is 33.4 Å². The standard InChI is InChI=1S/C21H26N2.ClH.Ru.H/c1-14-9-16(3)20(17(4)10-14)22-7-8-23(13-22)21-18(5)11-15(2)12-19(21)6;;;/h9-12H,7-8H2,1-6H3;1H;;/q;;+1;/p-1. The second-order valence-electron chi connectivity index (χ2n) is 7.14. The first-order valence-electron chi connectivity index (χ1n) is 8.67. The maximum atomic E-state index is 6.56. The van der Waals surface area contributed by atoms with Gasteiger partial charge in [-0.25, -0.2) is 0 Å². The van der Waals surface area contributed by atoms with Gasteiger partial charge in [-0.15, -0.1) is 0 Å². The summed E-state index contributed by atoms with van der Waals surface area (Å²) in [5.74, 6) is 0. The van der Waals surface area contributed by atoms with Gasteiger partial charge in [-0.05, 0) is 0 Å². The molecular weight excluding hydrogens is 417 g/mol. The van der Waals surface area contributed by atoms with Gasteiger partial charge in [0.1, 0.15) is 0 Å². The number of rotatable bonds is 2. The van der Waals surface area contributed by atoms with Crippen LogP contribution >= 0.6 is 9.69 Å². The fraction of sp³-hybridized carbons (Fsp3) is 0.381. The van der Waals surface area contributed by atoms with Crippen LogP contribution in [0.15, 0.2) is 24.3 Å². The van der Waals surface area contributed by atoms with Gasteiger partial charge in [0.25, 0.3) is 0 Å².